The second kappa shape index (κ2) is 8.33. The Morgan fingerprint density at radius 1 is 1.43 bits per heavy atom. The first-order chi connectivity index (χ1) is 11.1. The quantitative estimate of drug-likeness (QED) is 0.755. The van der Waals surface area contributed by atoms with Crippen molar-refractivity contribution >= 4 is 17.6 Å². The maximum atomic E-state index is 12.3. The van der Waals surface area contributed by atoms with Crippen LogP contribution in [-0.4, -0.2) is 55.2 Å². The van der Waals surface area contributed by atoms with Gasteiger partial charge in [-0.15, -0.1) is 0 Å². The highest BCUT2D eigenvalue weighted by molar-refractivity contribution is 5.93. The highest BCUT2D eigenvalue weighted by Crippen LogP contribution is 2.19. The second-order valence-corrected chi connectivity index (χ2v) is 5.34. The lowest BCUT2D eigenvalue weighted by molar-refractivity contribution is -0.121. The molecule has 126 valence electrons. The molecule has 23 heavy (non-hydrogen) atoms. The van der Waals surface area contributed by atoms with Gasteiger partial charge in [0, 0.05) is 26.3 Å². The van der Waals surface area contributed by atoms with Gasteiger partial charge in [0.05, 0.1) is 24.4 Å². The number of hydrogen-bond donors (Lipinski definition) is 2. The van der Waals surface area contributed by atoms with Crippen LogP contribution >= 0.6 is 0 Å². The number of likely N-dealkylation sites (tertiary alicyclic amines) is 1. The Balaban J connectivity index is 1.86. The van der Waals surface area contributed by atoms with Crippen LogP contribution in [0, 0.1) is 5.92 Å². The molecule has 1 aliphatic rings. The number of nitrogens with two attached hydrogens (primary N) is 1. The van der Waals surface area contributed by atoms with E-state index in [1.165, 1.54) is 11.1 Å². The number of ether oxygens (including phenoxy) is 2. The van der Waals surface area contributed by atoms with Gasteiger partial charge in [-0.25, -0.2) is 9.78 Å². The van der Waals surface area contributed by atoms with Gasteiger partial charge in [-0.05, 0) is 18.9 Å². The van der Waals surface area contributed by atoms with Crippen molar-refractivity contribution in [2.45, 2.75) is 12.8 Å². The van der Waals surface area contributed by atoms with E-state index in [4.69, 9.17) is 15.2 Å². The van der Waals surface area contributed by atoms with E-state index in [1.807, 2.05) is 0 Å². The average Bonchev–Trinajstić information content (AvgIpc) is 2.56. The summed E-state index contributed by atoms with van der Waals surface area (Å²) < 4.78 is 10.2. The molecular weight excluding hydrogens is 300 g/mol. The monoisotopic (exact) mass is 322 g/mol. The topological polar surface area (TPSA) is 107 Å². The first-order valence-corrected chi connectivity index (χ1v) is 7.53. The van der Waals surface area contributed by atoms with Crippen LogP contribution in [0.1, 0.15) is 12.8 Å². The van der Waals surface area contributed by atoms with Gasteiger partial charge in [-0.1, -0.05) is 0 Å². The third kappa shape index (κ3) is 5.10. The van der Waals surface area contributed by atoms with E-state index in [1.54, 1.807) is 19.2 Å². The van der Waals surface area contributed by atoms with Crippen molar-refractivity contribution in [3.63, 3.8) is 0 Å². The average molecular weight is 322 g/mol. The van der Waals surface area contributed by atoms with Gasteiger partial charge in [0.1, 0.15) is 6.61 Å². The third-order valence-corrected chi connectivity index (χ3v) is 3.65. The summed E-state index contributed by atoms with van der Waals surface area (Å²) in [6.45, 7) is 1.86. The van der Waals surface area contributed by atoms with Crippen LogP contribution in [0.5, 0.6) is 5.88 Å². The summed E-state index contributed by atoms with van der Waals surface area (Å²) in [5.74, 6) is 0.0808. The molecule has 1 fully saturated rings. The first kappa shape index (κ1) is 17.0. The van der Waals surface area contributed by atoms with Crippen molar-refractivity contribution < 1.29 is 19.1 Å². The Kier molecular flexibility index (Phi) is 6.16. The van der Waals surface area contributed by atoms with E-state index in [0.29, 0.717) is 37.9 Å². The van der Waals surface area contributed by atoms with Crippen molar-refractivity contribution in [2.75, 3.05) is 38.7 Å². The number of carbonyl (C=O) groups is 2. The number of amides is 3. The molecule has 0 spiro atoms. The highest BCUT2D eigenvalue weighted by atomic mass is 16.5. The third-order valence-electron chi connectivity index (χ3n) is 3.65. The SMILES string of the molecule is COCCOc1ccc(NC(=O)[C@H]2CCCN(C(N)=O)C2)cn1. The molecule has 0 saturated carbocycles. The molecule has 1 aromatic rings. The molecular formula is C15H22N4O4. The van der Waals surface area contributed by atoms with Gasteiger partial charge in [-0.3, -0.25) is 4.79 Å². The zero-order valence-electron chi connectivity index (χ0n) is 13.2. The van der Waals surface area contributed by atoms with E-state index in [2.05, 4.69) is 10.3 Å². The summed E-state index contributed by atoms with van der Waals surface area (Å²) in [5, 5.41) is 2.81. The van der Waals surface area contributed by atoms with Crippen LogP contribution in [0.3, 0.4) is 0 Å². The Morgan fingerprint density at radius 2 is 2.26 bits per heavy atom. The number of urea groups is 1. The van der Waals surface area contributed by atoms with Crippen LogP contribution < -0.4 is 15.8 Å². The molecule has 0 aliphatic carbocycles. The first-order valence-electron chi connectivity index (χ1n) is 7.53. The molecule has 8 nitrogen and oxygen atoms in total. The number of rotatable bonds is 6. The lowest BCUT2D eigenvalue weighted by Crippen LogP contribution is -2.46. The maximum absolute atomic E-state index is 12.3. The van der Waals surface area contributed by atoms with Gasteiger partial charge in [0.25, 0.3) is 0 Å². The number of methoxy groups -OCH3 is 1. The number of primary amides is 1. The zero-order valence-corrected chi connectivity index (χ0v) is 13.2. The van der Waals surface area contributed by atoms with E-state index >= 15 is 0 Å². The predicted molar refractivity (Wildman–Crippen MR) is 84.1 cm³/mol. The van der Waals surface area contributed by atoms with Gasteiger partial charge in [0.15, 0.2) is 0 Å². The van der Waals surface area contributed by atoms with Crippen molar-refractivity contribution in [3.05, 3.63) is 18.3 Å². The van der Waals surface area contributed by atoms with Crippen molar-refractivity contribution in [1.82, 2.24) is 9.88 Å². The fraction of sp³-hybridized carbons (Fsp3) is 0.533. The molecule has 1 aromatic heterocycles. The molecule has 2 rings (SSSR count). The summed E-state index contributed by atoms with van der Waals surface area (Å²) in [7, 11) is 1.60. The van der Waals surface area contributed by atoms with Crippen LogP contribution in [0.4, 0.5) is 10.5 Å². The van der Waals surface area contributed by atoms with Crippen LogP contribution in [0.25, 0.3) is 0 Å². The molecule has 0 aromatic carbocycles. The number of nitrogens with zero attached hydrogens (tertiary/aromatic N) is 2. The van der Waals surface area contributed by atoms with Gasteiger partial charge in [-0.2, -0.15) is 0 Å². The summed E-state index contributed by atoms with van der Waals surface area (Å²) >= 11 is 0. The summed E-state index contributed by atoms with van der Waals surface area (Å²) in [6, 6.07) is 2.92. The molecule has 1 atom stereocenters. The number of nitrogens with one attached hydrogen (secondary N) is 1. The van der Waals surface area contributed by atoms with Gasteiger partial charge in [0.2, 0.25) is 11.8 Å². The van der Waals surface area contributed by atoms with Crippen molar-refractivity contribution in [2.24, 2.45) is 11.7 Å². The normalized spacial score (nSPS) is 17.6. The van der Waals surface area contributed by atoms with Crippen molar-refractivity contribution in [3.8, 4) is 5.88 Å². The second-order valence-electron chi connectivity index (χ2n) is 5.34. The zero-order chi connectivity index (χ0) is 16.7. The Hall–Kier alpha value is -2.35. The van der Waals surface area contributed by atoms with E-state index in [0.717, 1.165) is 12.8 Å². The Labute approximate surface area is 134 Å². The van der Waals surface area contributed by atoms with E-state index in [-0.39, 0.29) is 11.8 Å². The Bertz CT molecular complexity index is 535. The van der Waals surface area contributed by atoms with E-state index in [9.17, 15) is 9.59 Å². The lowest BCUT2D eigenvalue weighted by atomic mass is 9.97. The summed E-state index contributed by atoms with van der Waals surface area (Å²) in [5.41, 5.74) is 5.86. The molecule has 0 radical (unpaired) electrons. The maximum Gasteiger partial charge on any atom is 0.314 e. The number of piperidine rings is 1. The fourth-order valence-corrected chi connectivity index (χ4v) is 2.40. The minimum atomic E-state index is -0.485. The van der Waals surface area contributed by atoms with Gasteiger partial charge < -0.3 is 25.4 Å². The number of anilines is 1. The van der Waals surface area contributed by atoms with Crippen LogP contribution in [0.15, 0.2) is 18.3 Å². The smallest absolute Gasteiger partial charge is 0.314 e. The minimum absolute atomic E-state index is 0.134. The molecule has 3 amide bonds. The predicted octanol–water partition coefficient (Wildman–Crippen LogP) is 0.836. The molecule has 2 heterocycles. The van der Waals surface area contributed by atoms with Crippen LogP contribution in [0.2, 0.25) is 0 Å². The van der Waals surface area contributed by atoms with Crippen LogP contribution in [-0.2, 0) is 9.53 Å². The molecule has 0 unspecified atom stereocenters. The molecule has 0 bridgehead atoms. The molecule has 1 aliphatic heterocycles. The Morgan fingerprint density at radius 3 is 2.91 bits per heavy atom. The number of carbonyl (C=O) groups excluding carboxylic acids is 2. The summed E-state index contributed by atoms with van der Waals surface area (Å²) in [6.07, 6.45) is 3.04. The standard InChI is InChI=1S/C15H22N4O4/c1-22-7-8-23-13-5-4-12(9-17-13)18-14(20)11-3-2-6-19(10-11)15(16)21/h4-5,9,11H,2-3,6-8,10H2,1H3,(H2,16,21)(H,18,20)/t11-/m0/s1. The minimum Gasteiger partial charge on any atom is -0.475 e. The molecule has 3 N–H and O–H groups in total. The molecule has 8 heteroatoms. The number of hydrogen-bond acceptors (Lipinski definition) is 5. The highest BCUT2D eigenvalue weighted by Gasteiger charge is 2.27. The fourth-order valence-electron chi connectivity index (χ4n) is 2.40. The number of pyridine rings is 1. The van der Waals surface area contributed by atoms with Gasteiger partial charge >= 0.3 is 6.03 Å². The van der Waals surface area contributed by atoms with E-state index < -0.39 is 6.03 Å². The summed E-state index contributed by atoms with van der Waals surface area (Å²) in [4.78, 5) is 29.1. The number of aromatic nitrogens is 1. The lowest BCUT2D eigenvalue weighted by Gasteiger charge is -2.30. The molecule has 1 saturated heterocycles. The largest absolute Gasteiger partial charge is 0.475 e. The van der Waals surface area contributed by atoms with Crippen molar-refractivity contribution in [1.29, 1.82) is 0 Å².